The van der Waals surface area contributed by atoms with Gasteiger partial charge in [0, 0.05) is 19.2 Å². The molecule has 0 bridgehead atoms. The quantitative estimate of drug-likeness (QED) is 0.298. The Bertz CT molecular complexity index is 1320. The van der Waals surface area contributed by atoms with E-state index in [-0.39, 0.29) is 30.7 Å². The van der Waals surface area contributed by atoms with Gasteiger partial charge in [0.05, 0.1) is 13.7 Å². The number of benzene rings is 3. The van der Waals surface area contributed by atoms with E-state index in [1.54, 1.807) is 30.2 Å². The van der Waals surface area contributed by atoms with Crippen LogP contribution in [-0.4, -0.2) is 42.1 Å². The van der Waals surface area contributed by atoms with E-state index in [9.17, 15) is 9.59 Å². The third-order valence-corrected chi connectivity index (χ3v) is 6.00. The highest BCUT2D eigenvalue weighted by Gasteiger charge is 2.19. The number of methoxy groups -OCH3 is 1. The lowest BCUT2D eigenvalue weighted by Crippen LogP contribution is -2.36. The van der Waals surface area contributed by atoms with Crippen molar-refractivity contribution in [3.8, 4) is 11.5 Å². The minimum absolute atomic E-state index is 0.120. The molecule has 8 nitrogen and oxygen atoms in total. The SMILES string of the molecule is COc1ccc(CCN(Cc2cc(C(=O)NCc3ccc(C)cc3)no2)C(=O)COc2ccccc2)cc1. The van der Waals surface area contributed by atoms with Crippen LogP contribution in [0, 0.1) is 6.92 Å². The summed E-state index contributed by atoms with van der Waals surface area (Å²) in [6.07, 6.45) is 0.624. The molecule has 2 amide bonds. The Hall–Kier alpha value is -4.59. The molecule has 4 rings (SSSR count). The summed E-state index contributed by atoms with van der Waals surface area (Å²) in [5.41, 5.74) is 3.36. The zero-order valence-electron chi connectivity index (χ0n) is 21.6. The van der Waals surface area contributed by atoms with Crippen molar-refractivity contribution in [3.05, 3.63) is 113 Å². The fraction of sp³-hybridized carbons (Fsp3) is 0.233. The van der Waals surface area contributed by atoms with Gasteiger partial charge in [-0.25, -0.2) is 0 Å². The molecule has 8 heteroatoms. The smallest absolute Gasteiger partial charge is 0.273 e. The highest BCUT2D eigenvalue weighted by Crippen LogP contribution is 2.15. The van der Waals surface area contributed by atoms with E-state index in [0.29, 0.717) is 31.0 Å². The lowest BCUT2D eigenvalue weighted by atomic mass is 10.1. The first-order chi connectivity index (χ1) is 18.5. The minimum atomic E-state index is -0.343. The number of nitrogens with one attached hydrogen (secondary N) is 1. The fourth-order valence-electron chi connectivity index (χ4n) is 3.76. The lowest BCUT2D eigenvalue weighted by Gasteiger charge is -2.21. The normalized spacial score (nSPS) is 10.6. The summed E-state index contributed by atoms with van der Waals surface area (Å²) in [5.74, 6) is 1.25. The molecule has 196 valence electrons. The van der Waals surface area contributed by atoms with Gasteiger partial charge in [0.2, 0.25) is 0 Å². The van der Waals surface area contributed by atoms with Gasteiger partial charge in [0.25, 0.3) is 11.8 Å². The van der Waals surface area contributed by atoms with Crippen LogP contribution in [0.5, 0.6) is 11.5 Å². The summed E-state index contributed by atoms with van der Waals surface area (Å²) in [4.78, 5) is 27.3. The minimum Gasteiger partial charge on any atom is -0.497 e. The third kappa shape index (κ3) is 7.70. The van der Waals surface area contributed by atoms with Crippen LogP contribution in [-0.2, 0) is 24.3 Å². The van der Waals surface area contributed by atoms with Crippen LogP contribution in [0.4, 0.5) is 0 Å². The summed E-state index contributed by atoms with van der Waals surface area (Å²) in [6, 6.07) is 26.4. The van der Waals surface area contributed by atoms with Crippen LogP contribution in [0.2, 0.25) is 0 Å². The Morgan fingerprint density at radius 2 is 1.63 bits per heavy atom. The standard InChI is InChI=1S/C30H31N3O5/c1-22-8-10-24(11-9-22)19-31-30(35)28-18-27(38-32-28)20-33(17-16-23-12-14-25(36-2)15-13-23)29(34)21-37-26-6-4-3-5-7-26/h3-15,18H,16-17,19-21H2,1-2H3,(H,31,35). The Morgan fingerprint density at radius 3 is 2.34 bits per heavy atom. The number of carbonyl (C=O) groups excluding carboxylic acids is 2. The van der Waals surface area contributed by atoms with Crippen LogP contribution in [0.25, 0.3) is 0 Å². The summed E-state index contributed by atoms with van der Waals surface area (Å²) in [5, 5.41) is 6.76. The molecule has 0 fully saturated rings. The van der Waals surface area contributed by atoms with E-state index >= 15 is 0 Å². The maximum Gasteiger partial charge on any atom is 0.273 e. The number of carbonyl (C=O) groups is 2. The van der Waals surface area contributed by atoms with Crippen molar-refractivity contribution in [2.24, 2.45) is 0 Å². The van der Waals surface area contributed by atoms with Crippen LogP contribution in [0.15, 0.2) is 89.5 Å². The van der Waals surface area contributed by atoms with Crippen molar-refractivity contribution in [1.29, 1.82) is 0 Å². The molecule has 0 radical (unpaired) electrons. The van der Waals surface area contributed by atoms with E-state index in [0.717, 1.165) is 22.4 Å². The lowest BCUT2D eigenvalue weighted by molar-refractivity contribution is -0.134. The number of hydrogen-bond acceptors (Lipinski definition) is 6. The van der Waals surface area contributed by atoms with Crippen molar-refractivity contribution in [1.82, 2.24) is 15.4 Å². The highest BCUT2D eigenvalue weighted by molar-refractivity contribution is 5.92. The Balaban J connectivity index is 1.39. The summed E-state index contributed by atoms with van der Waals surface area (Å²) < 4.78 is 16.3. The molecule has 4 aromatic rings. The monoisotopic (exact) mass is 513 g/mol. The first kappa shape index (κ1) is 26.5. The zero-order valence-corrected chi connectivity index (χ0v) is 21.6. The van der Waals surface area contributed by atoms with Crippen molar-refractivity contribution < 1.29 is 23.6 Å². The van der Waals surface area contributed by atoms with Crippen molar-refractivity contribution in [2.75, 3.05) is 20.3 Å². The number of amides is 2. The van der Waals surface area contributed by atoms with Gasteiger partial charge in [-0.2, -0.15) is 0 Å². The molecule has 1 heterocycles. The van der Waals surface area contributed by atoms with Crippen molar-refractivity contribution in [3.63, 3.8) is 0 Å². The number of aryl methyl sites for hydroxylation is 1. The van der Waals surface area contributed by atoms with E-state index in [1.165, 1.54) is 0 Å². The van der Waals surface area contributed by atoms with Crippen LogP contribution in [0.1, 0.15) is 32.9 Å². The molecule has 0 aliphatic heterocycles. The number of hydrogen-bond donors (Lipinski definition) is 1. The molecule has 1 N–H and O–H groups in total. The molecule has 0 spiro atoms. The van der Waals surface area contributed by atoms with Gasteiger partial charge < -0.3 is 24.2 Å². The predicted octanol–water partition coefficient (Wildman–Crippen LogP) is 4.57. The molecule has 38 heavy (non-hydrogen) atoms. The highest BCUT2D eigenvalue weighted by atomic mass is 16.5. The number of aromatic nitrogens is 1. The maximum atomic E-state index is 13.1. The Labute approximate surface area is 222 Å². The zero-order chi connectivity index (χ0) is 26.7. The van der Waals surface area contributed by atoms with Crippen molar-refractivity contribution >= 4 is 11.8 Å². The molecule has 0 saturated heterocycles. The van der Waals surface area contributed by atoms with Crippen LogP contribution in [0.3, 0.4) is 0 Å². The number of nitrogens with zero attached hydrogens (tertiary/aromatic N) is 2. The second-order valence-electron chi connectivity index (χ2n) is 8.86. The summed E-state index contributed by atoms with van der Waals surface area (Å²) in [7, 11) is 1.62. The molecule has 0 saturated carbocycles. The predicted molar refractivity (Wildman–Crippen MR) is 143 cm³/mol. The van der Waals surface area contributed by atoms with Gasteiger partial charge in [-0.15, -0.1) is 0 Å². The van der Waals surface area contributed by atoms with E-state index < -0.39 is 0 Å². The topological polar surface area (TPSA) is 93.9 Å². The van der Waals surface area contributed by atoms with Gasteiger partial charge in [-0.05, 0) is 48.7 Å². The van der Waals surface area contributed by atoms with Gasteiger partial charge in [0.1, 0.15) is 11.5 Å². The van der Waals surface area contributed by atoms with Crippen LogP contribution < -0.4 is 14.8 Å². The number of para-hydroxylation sites is 1. The average molecular weight is 514 g/mol. The average Bonchev–Trinajstić information content (AvgIpc) is 3.43. The first-order valence-electron chi connectivity index (χ1n) is 12.4. The van der Waals surface area contributed by atoms with E-state index in [2.05, 4.69) is 10.5 Å². The molecule has 0 aliphatic carbocycles. The molecule has 0 unspecified atom stereocenters. The van der Waals surface area contributed by atoms with Gasteiger partial charge in [0.15, 0.2) is 18.1 Å². The Morgan fingerprint density at radius 1 is 0.921 bits per heavy atom. The molecule has 0 atom stereocenters. The second-order valence-corrected chi connectivity index (χ2v) is 8.86. The number of rotatable bonds is 12. The van der Waals surface area contributed by atoms with Crippen LogP contribution >= 0.6 is 0 Å². The second kappa shape index (κ2) is 13.1. The fourth-order valence-corrected chi connectivity index (χ4v) is 3.76. The third-order valence-electron chi connectivity index (χ3n) is 6.00. The molecule has 1 aromatic heterocycles. The summed E-state index contributed by atoms with van der Waals surface area (Å²) >= 11 is 0. The van der Waals surface area contributed by atoms with Gasteiger partial charge in [-0.1, -0.05) is 65.3 Å². The van der Waals surface area contributed by atoms with Crippen molar-refractivity contribution in [2.45, 2.75) is 26.4 Å². The molecular weight excluding hydrogens is 482 g/mol. The number of ether oxygens (including phenoxy) is 2. The summed E-state index contributed by atoms with van der Waals surface area (Å²) in [6.45, 7) is 2.86. The van der Waals surface area contributed by atoms with Gasteiger partial charge in [-0.3, -0.25) is 9.59 Å². The largest absolute Gasteiger partial charge is 0.497 e. The van der Waals surface area contributed by atoms with E-state index in [4.69, 9.17) is 14.0 Å². The van der Waals surface area contributed by atoms with Gasteiger partial charge >= 0.3 is 0 Å². The molecular formula is C30H31N3O5. The molecule has 3 aromatic carbocycles. The van der Waals surface area contributed by atoms with E-state index in [1.807, 2.05) is 73.7 Å². The Kier molecular flexibility index (Phi) is 9.12. The first-order valence-corrected chi connectivity index (χ1v) is 12.4. The maximum absolute atomic E-state index is 13.1. The molecule has 0 aliphatic rings.